The lowest BCUT2D eigenvalue weighted by Gasteiger charge is -2.23. The number of aromatic nitrogens is 5. The van der Waals surface area contributed by atoms with Gasteiger partial charge in [0.25, 0.3) is 0 Å². The Balaban J connectivity index is 1.66. The van der Waals surface area contributed by atoms with E-state index in [1.54, 1.807) is 4.52 Å². The van der Waals surface area contributed by atoms with Crippen LogP contribution >= 0.6 is 0 Å². The molecule has 4 heterocycles. The van der Waals surface area contributed by atoms with E-state index in [0.29, 0.717) is 0 Å². The third kappa shape index (κ3) is 2.35. The maximum absolute atomic E-state index is 5.91. The zero-order chi connectivity index (χ0) is 16.8. The molecule has 7 heteroatoms. The third-order valence-corrected chi connectivity index (χ3v) is 4.70. The summed E-state index contributed by atoms with van der Waals surface area (Å²) in [5.41, 5.74) is 9.55. The molecule has 5 rings (SSSR count). The smallest absolute Gasteiger partial charge is 0.240 e. The average molecular weight is 334 g/mol. The predicted molar refractivity (Wildman–Crippen MR) is 95.0 cm³/mol. The van der Waals surface area contributed by atoms with Crippen molar-refractivity contribution in [3.05, 3.63) is 42.6 Å². The Morgan fingerprint density at radius 1 is 1.16 bits per heavy atom. The largest absolute Gasteiger partial charge is 0.366 e. The zero-order valence-corrected chi connectivity index (χ0v) is 13.7. The summed E-state index contributed by atoms with van der Waals surface area (Å²) in [6.45, 7) is 0.795. The molecule has 1 aromatic carbocycles. The van der Waals surface area contributed by atoms with Gasteiger partial charge in [-0.05, 0) is 37.5 Å². The fraction of sp³-hybridized carbons (Fsp3) is 0.278. The molecule has 3 aromatic heterocycles. The molecule has 126 valence electrons. The van der Waals surface area contributed by atoms with Crippen molar-refractivity contribution < 1.29 is 4.74 Å². The Morgan fingerprint density at radius 2 is 2.12 bits per heavy atom. The molecule has 0 amide bonds. The van der Waals surface area contributed by atoms with Crippen molar-refractivity contribution in [3.63, 3.8) is 0 Å². The quantitative estimate of drug-likeness (QED) is 0.609. The molecular weight excluding hydrogens is 316 g/mol. The highest BCUT2D eigenvalue weighted by Crippen LogP contribution is 2.29. The van der Waals surface area contributed by atoms with E-state index in [1.807, 2.05) is 29.1 Å². The maximum atomic E-state index is 5.91. The molecule has 1 saturated heterocycles. The summed E-state index contributed by atoms with van der Waals surface area (Å²) in [5, 5.41) is 9.96. The molecule has 7 nitrogen and oxygen atoms in total. The molecule has 0 spiro atoms. The first-order chi connectivity index (χ1) is 12.3. The maximum Gasteiger partial charge on any atom is 0.240 e. The molecule has 0 aliphatic carbocycles. The van der Waals surface area contributed by atoms with E-state index >= 15 is 0 Å². The van der Waals surface area contributed by atoms with Crippen LogP contribution in [0.1, 0.15) is 25.5 Å². The molecule has 1 aliphatic heterocycles. The number of pyridine rings is 1. The summed E-state index contributed by atoms with van der Waals surface area (Å²) < 4.78 is 9.67. The van der Waals surface area contributed by atoms with Crippen LogP contribution in [-0.2, 0) is 4.74 Å². The Bertz CT molecular complexity index is 1060. The lowest BCUT2D eigenvalue weighted by Crippen LogP contribution is -2.18. The number of hydrogen-bond acceptors (Lipinski definition) is 5. The lowest BCUT2D eigenvalue weighted by molar-refractivity contribution is -0.0366. The second-order valence-electron chi connectivity index (χ2n) is 6.33. The second-order valence-corrected chi connectivity index (χ2v) is 6.33. The minimum absolute atomic E-state index is 0.0132. The molecule has 0 bridgehead atoms. The number of benzene rings is 1. The van der Waals surface area contributed by atoms with Gasteiger partial charge >= 0.3 is 0 Å². The average Bonchev–Trinajstić information content (AvgIpc) is 3.24. The van der Waals surface area contributed by atoms with Crippen molar-refractivity contribution in [1.29, 1.82) is 0 Å². The molecule has 0 saturated carbocycles. The first-order valence-electron chi connectivity index (χ1n) is 8.50. The third-order valence-electron chi connectivity index (χ3n) is 4.70. The summed E-state index contributed by atoms with van der Waals surface area (Å²) in [7, 11) is 0. The van der Waals surface area contributed by atoms with Gasteiger partial charge in [0, 0.05) is 17.6 Å². The van der Waals surface area contributed by atoms with Crippen LogP contribution in [-0.4, -0.2) is 31.0 Å². The van der Waals surface area contributed by atoms with Crippen molar-refractivity contribution in [1.82, 2.24) is 24.4 Å². The summed E-state index contributed by atoms with van der Waals surface area (Å²) in [6.07, 6.45) is 5.20. The fourth-order valence-electron chi connectivity index (χ4n) is 3.48. The molecule has 0 radical (unpaired) electrons. The van der Waals surface area contributed by atoms with Crippen LogP contribution in [0.5, 0.6) is 0 Å². The zero-order valence-electron chi connectivity index (χ0n) is 13.7. The number of anilines is 1. The normalized spacial score (nSPS) is 18.2. The standard InChI is InChI=1S/C18H18N6O/c19-18-21-16-5-3-4-14(23(16)22-18)12-7-8-13-11-20-24(15(13)10-12)17-6-1-2-9-25-17/h3-5,7-8,10-11,17H,1-2,6,9H2,(H2,19,22). The molecule has 1 aliphatic rings. The Kier molecular flexibility index (Phi) is 3.21. The van der Waals surface area contributed by atoms with Crippen LogP contribution in [0.25, 0.3) is 27.8 Å². The van der Waals surface area contributed by atoms with Gasteiger partial charge in [0.1, 0.15) is 0 Å². The number of hydrogen-bond donors (Lipinski definition) is 1. The van der Waals surface area contributed by atoms with E-state index in [1.165, 1.54) is 6.42 Å². The van der Waals surface area contributed by atoms with Crippen molar-refractivity contribution >= 4 is 22.5 Å². The van der Waals surface area contributed by atoms with Crippen LogP contribution in [0.15, 0.2) is 42.6 Å². The van der Waals surface area contributed by atoms with E-state index in [0.717, 1.165) is 47.3 Å². The van der Waals surface area contributed by atoms with E-state index in [2.05, 4.69) is 33.4 Å². The van der Waals surface area contributed by atoms with Crippen LogP contribution < -0.4 is 5.73 Å². The lowest BCUT2D eigenvalue weighted by atomic mass is 10.1. The van der Waals surface area contributed by atoms with Crippen LogP contribution in [0.3, 0.4) is 0 Å². The van der Waals surface area contributed by atoms with Crippen molar-refractivity contribution in [3.8, 4) is 11.3 Å². The molecule has 1 fully saturated rings. The van der Waals surface area contributed by atoms with Crippen LogP contribution in [0.4, 0.5) is 5.95 Å². The Labute approximate surface area is 144 Å². The van der Waals surface area contributed by atoms with Gasteiger partial charge < -0.3 is 10.5 Å². The SMILES string of the molecule is Nc1nc2cccc(-c3ccc4cnn(C5CCCCO5)c4c3)n2n1. The molecular formula is C18H18N6O. The van der Waals surface area contributed by atoms with Crippen LogP contribution in [0.2, 0.25) is 0 Å². The summed E-state index contributed by atoms with van der Waals surface area (Å²) in [5.74, 6) is 0.272. The minimum atomic E-state index is 0.0132. The Morgan fingerprint density at radius 3 is 3.00 bits per heavy atom. The van der Waals surface area contributed by atoms with Crippen LogP contribution in [0, 0.1) is 0 Å². The number of nitrogens with zero attached hydrogens (tertiary/aromatic N) is 5. The molecule has 25 heavy (non-hydrogen) atoms. The minimum Gasteiger partial charge on any atom is -0.366 e. The van der Waals surface area contributed by atoms with Gasteiger partial charge in [0.05, 0.1) is 17.4 Å². The van der Waals surface area contributed by atoms with E-state index in [-0.39, 0.29) is 12.2 Å². The van der Waals surface area contributed by atoms with E-state index in [9.17, 15) is 0 Å². The summed E-state index contributed by atoms with van der Waals surface area (Å²) in [4.78, 5) is 4.23. The van der Waals surface area contributed by atoms with Gasteiger partial charge in [-0.25, -0.2) is 9.20 Å². The fourth-order valence-corrected chi connectivity index (χ4v) is 3.48. The molecule has 2 N–H and O–H groups in total. The molecule has 1 atom stereocenters. The van der Waals surface area contributed by atoms with E-state index < -0.39 is 0 Å². The number of rotatable bonds is 2. The van der Waals surface area contributed by atoms with Gasteiger partial charge in [0.2, 0.25) is 5.95 Å². The van der Waals surface area contributed by atoms with Gasteiger partial charge in [0.15, 0.2) is 11.9 Å². The van der Waals surface area contributed by atoms with Gasteiger partial charge in [-0.15, -0.1) is 5.10 Å². The van der Waals surface area contributed by atoms with Gasteiger partial charge in [-0.3, -0.25) is 0 Å². The number of ether oxygens (including phenoxy) is 1. The molecule has 1 unspecified atom stereocenters. The number of nitrogen functional groups attached to an aromatic ring is 1. The topological polar surface area (TPSA) is 83.3 Å². The number of fused-ring (bicyclic) bond motifs is 2. The summed E-state index contributed by atoms with van der Waals surface area (Å²) in [6, 6.07) is 12.2. The predicted octanol–water partition coefficient (Wildman–Crippen LogP) is 3.03. The highest BCUT2D eigenvalue weighted by molar-refractivity contribution is 5.84. The second kappa shape index (κ2) is 5.56. The highest BCUT2D eigenvalue weighted by atomic mass is 16.5. The monoisotopic (exact) mass is 334 g/mol. The summed E-state index contributed by atoms with van der Waals surface area (Å²) >= 11 is 0. The van der Waals surface area contributed by atoms with Crippen molar-refractivity contribution in [2.45, 2.75) is 25.5 Å². The van der Waals surface area contributed by atoms with Gasteiger partial charge in [-0.1, -0.05) is 18.2 Å². The highest BCUT2D eigenvalue weighted by Gasteiger charge is 2.19. The molecule has 4 aromatic rings. The van der Waals surface area contributed by atoms with Crippen molar-refractivity contribution in [2.24, 2.45) is 0 Å². The van der Waals surface area contributed by atoms with Gasteiger partial charge in [-0.2, -0.15) is 10.1 Å². The first-order valence-corrected chi connectivity index (χ1v) is 8.50. The number of nitrogens with two attached hydrogens (primary N) is 1. The Hall–Kier alpha value is -2.93. The van der Waals surface area contributed by atoms with Crippen molar-refractivity contribution in [2.75, 3.05) is 12.3 Å². The first kappa shape index (κ1) is 14.4. The van der Waals surface area contributed by atoms with E-state index in [4.69, 9.17) is 10.5 Å².